The summed E-state index contributed by atoms with van der Waals surface area (Å²) in [6.07, 6.45) is 1.50. The lowest BCUT2D eigenvalue weighted by atomic mass is 10.4. The molecule has 6 nitrogen and oxygen atoms in total. The number of carboxylic acids is 1. The molecule has 0 atom stereocenters. The van der Waals surface area contributed by atoms with E-state index in [1.807, 2.05) is 0 Å². The molecule has 0 amide bonds. The van der Waals surface area contributed by atoms with E-state index >= 15 is 0 Å². The van der Waals surface area contributed by atoms with E-state index in [0.717, 1.165) is 0 Å². The first kappa shape index (κ1) is 9.91. The molecule has 15 heavy (non-hydrogen) atoms. The standard InChI is InChI=1S/C8H6BrN3O3/c1-12-3-10-11-7(12)6-4(9)2-5(15-6)8(13)14/h2-3H,1H3,(H,13,14). The third-order valence-corrected chi connectivity index (χ3v) is 2.40. The molecule has 0 radical (unpaired) electrons. The number of aryl methyl sites for hydroxylation is 1. The number of carboxylic acid groups (broad SMARTS) is 1. The first-order valence-electron chi connectivity index (χ1n) is 3.96. The van der Waals surface area contributed by atoms with Crippen LogP contribution in [-0.4, -0.2) is 25.8 Å². The number of furan rings is 1. The molecule has 0 spiro atoms. The van der Waals surface area contributed by atoms with Crippen molar-refractivity contribution in [3.63, 3.8) is 0 Å². The van der Waals surface area contributed by atoms with Gasteiger partial charge in [-0.1, -0.05) is 0 Å². The second-order valence-corrected chi connectivity index (χ2v) is 3.71. The first-order valence-corrected chi connectivity index (χ1v) is 4.76. The molecular weight excluding hydrogens is 266 g/mol. The second kappa shape index (κ2) is 3.50. The predicted octanol–water partition coefficient (Wildman–Crippen LogP) is 1.54. The number of halogens is 1. The summed E-state index contributed by atoms with van der Waals surface area (Å²) in [6.45, 7) is 0. The minimum Gasteiger partial charge on any atom is -0.475 e. The van der Waals surface area contributed by atoms with Gasteiger partial charge in [-0.05, 0) is 15.9 Å². The molecule has 78 valence electrons. The number of hydrogen-bond acceptors (Lipinski definition) is 4. The summed E-state index contributed by atoms with van der Waals surface area (Å²) in [5.74, 6) is -0.439. The molecule has 0 saturated heterocycles. The minimum absolute atomic E-state index is 0.139. The highest BCUT2D eigenvalue weighted by atomic mass is 79.9. The Balaban J connectivity index is 2.54. The molecule has 1 N–H and O–H groups in total. The molecule has 0 aliphatic rings. The van der Waals surface area contributed by atoms with Crippen LogP contribution in [0.5, 0.6) is 0 Å². The van der Waals surface area contributed by atoms with Crippen LogP contribution in [0, 0.1) is 0 Å². The SMILES string of the molecule is Cn1cnnc1-c1oc(C(=O)O)cc1Br. The molecule has 2 aromatic rings. The molecule has 0 bridgehead atoms. The zero-order valence-electron chi connectivity index (χ0n) is 7.64. The molecule has 2 rings (SSSR count). The summed E-state index contributed by atoms with van der Waals surface area (Å²) in [4.78, 5) is 10.7. The van der Waals surface area contributed by atoms with Crippen LogP contribution < -0.4 is 0 Å². The molecule has 7 heteroatoms. The van der Waals surface area contributed by atoms with Crippen LogP contribution >= 0.6 is 15.9 Å². The van der Waals surface area contributed by atoms with Gasteiger partial charge >= 0.3 is 5.97 Å². The van der Waals surface area contributed by atoms with Crippen LogP contribution in [0.2, 0.25) is 0 Å². The summed E-state index contributed by atoms with van der Waals surface area (Å²) in [6, 6.07) is 1.38. The maximum absolute atomic E-state index is 10.7. The summed E-state index contributed by atoms with van der Waals surface area (Å²) in [5.41, 5.74) is 0. The van der Waals surface area contributed by atoms with E-state index in [0.29, 0.717) is 16.1 Å². The van der Waals surface area contributed by atoms with E-state index in [4.69, 9.17) is 9.52 Å². The van der Waals surface area contributed by atoms with E-state index in [2.05, 4.69) is 26.1 Å². The van der Waals surface area contributed by atoms with E-state index in [1.54, 1.807) is 11.6 Å². The number of nitrogens with zero attached hydrogens (tertiary/aromatic N) is 3. The van der Waals surface area contributed by atoms with Gasteiger partial charge < -0.3 is 14.1 Å². The van der Waals surface area contributed by atoms with E-state index in [9.17, 15) is 4.79 Å². The first-order chi connectivity index (χ1) is 7.09. The molecule has 2 heterocycles. The van der Waals surface area contributed by atoms with Gasteiger partial charge in [0.15, 0.2) is 5.76 Å². The van der Waals surface area contributed by atoms with Crippen LogP contribution in [0.25, 0.3) is 11.6 Å². The van der Waals surface area contributed by atoms with Gasteiger partial charge in [-0.15, -0.1) is 10.2 Å². The Morgan fingerprint density at radius 3 is 2.87 bits per heavy atom. The predicted molar refractivity (Wildman–Crippen MR) is 53.4 cm³/mol. The van der Waals surface area contributed by atoms with Gasteiger partial charge in [0.2, 0.25) is 11.6 Å². The van der Waals surface area contributed by atoms with Crippen LogP contribution in [0.15, 0.2) is 21.3 Å². The van der Waals surface area contributed by atoms with Crippen molar-refractivity contribution in [1.29, 1.82) is 0 Å². The van der Waals surface area contributed by atoms with Gasteiger partial charge in [-0.25, -0.2) is 4.79 Å². The highest BCUT2D eigenvalue weighted by molar-refractivity contribution is 9.10. The zero-order valence-corrected chi connectivity index (χ0v) is 9.22. The van der Waals surface area contributed by atoms with Gasteiger partial charge in [-0.2, -0.15) is 0 Å². The number of aromatic nitrogens is 3. The highest BCUT2D eigenvalue weighted by Gasteiger charge is 2.18. The molecule has 0 fully saturated rings. The summed E-state index contributed by atoms with van der Waals surface area (Å²) >= 11 is 3.20. The van der Waals surface area contributed by atoms with Crippen molar-refractivity contribution in [1.82, 2.24) is 14.8 Å². The average Bonchev–Trinajstić information content (AvgIpc) is 2.71. The molecule has 0 saturated carbocycles. The van der Waals surface area contributed by atoms with Crippen LogP contribution in [0.3, 0.4) is 0 Å². The number of hydrogen-bond donors (Lipinski definition) is 1. The van der Waals surface area contributed by atoms with Crippen LogP contribution in [0.1, 0.15) is 10.6 Å². The monoisotopic (exact) mass is 271 g/mol. The highest BCUT2D eigenvalue weighted by Crippen LogP contribution is 2.29. The van der Waals surface area contributed by atoms with Gasteiger partial charge in [0, 0.05) is 13.1 Å². The van der Waals surface area contributed by atoms with Crippen molar-refractivity contribution in [2.45, 2.75) is 0 Å². The van der Waals surface area contributed by atoms with Crippen molar-refractivity contribution >= 4 is 21.9 Å². The van der Waals surface area contributed by atoms with Crippen LogP contribution in [-0.2, 0) is 7.05 Å². The van der Waals surface area contributed by atoms with Gasteiger partial charge in [0.1, 0.15) is 6.33 Å². The lowest BCUT2D eigenvalue weighted by molar-refractivity contribution is 0.0663. The van der Waals surface area contributed by atoms with E-state index < -0.39 is 5.97 Å². The fourth-order valence-corrected chi connectivity index (χ4v) is 1.58. The molecule has 0 unspecified atom stereocenters. The van der Waals surface area contributed by atoms with Crippen molar-refractivity contribution in [3.05, 3.63) is 22.6 Å². The zero-order chi connectivity index (χ0) is 11.0. The Morgan fingerprint density at radius 2 is 2.40 bits per heavy atom. The Hall–Kier alpha value is -1.63. The molecule has 0 aliphatic heterocycles. The largest absolute Gasteiger partial charge is 0.475 e. The average molecular weight is 272 g/mol. The lowest BCUT2D eigenvalue weighted by Gasteiger charge is -1.95. The Labute approximate surface area is 92.7 Å². The molecular formula is C8H6BrN3O3. The summed E-state index contributed by atoms with van der Waals surface area (Å²) < 4.78 is 7.30. The summed E-state index contributed by atoms with van der Waals surface area (Å²) in [7, 11) is 1.74. The molecule has 2 aromatic heterocycles. The van der Waals surface area contributed by atoms with Gasteiger partial charge in [-0.3, -0.25) is 0 Å². The van der Waals surface area contributed by atoms with Crippen molar-refractivity contribution in [3.8, 4) is 11.6 Å². The topological polar surface area (TPSA) is 81.2 Å². The third kappa shape index (κ3) is 1.65. The maximum atomic E-state index is 10.7. The minimum atomic E-state index is -1.12. The Kier molecular flexibility index (Phi) is 2.31. The van der Waals surface area contributed by atoms with Gasteiger partial charge in [0.25, 0.3) is 0 Å². The van der Waals surface area contributed by atoms with Crippen LogP contribution in [0.4, 0.5) is 0 Å². The quantitative estimate of drug-likeness (QED) is 0.896. The van der Waals surface area contributed by atoms with Crippen molar-refractivity contribution < 1.29 is 14.3 Å². The third-order valence-electron chi connectivity index (χ3n) is 1.81. The maximum Gasteiger partial charge on any atom is 0.371 e. The van der Waals surface area contributed by atoms with E-state index in [1.165, 1.54) is 12.4 Å². The van der Waals surface area contributed by atoms with Crippen molar-refractivity contribution in [2.24, 2.45) is 7.05 Å². The number of aromatic carboxylic acids is 1. The van der Waals surface area contributed by atoms with E-state index in [-0.39, 0.29) is 5.76 Å². The molecule has 0 aliphatic carbocycles. The fourth-order valence-electron chi connectivity index (χ4n) is 1.12. The van der Waals surface area contributed by atoms with Crippen molar-refractivity contribution in [2.75, 3.05) is 0 Å². The summed E-state index contributed by atoms with van der Waals surface area (Å²) in [5, 5.41) is 16.2. The smallest absolute Gasteiger partial charge is 0.371 e. The normalized spacial score (nSPS) is 10.5. The lowest BCUT2D eigenvalue weighted by Crippen LogP contribution is -1.92. The number of carbonyl (C=O) groups is 1. The number of rotatable bonds is 2. The van der Waals surface area contributed by atoms with Gasteiger partial charge in [0.05, 0.1) is 4.47 Å². The molecule has 0 aromatic carbocycles. The second-order valence-electron chi connectivity index (χ2n) is 2.86. The Morgan fingerprint density at radius 1 is 1.67 bits per heavy atom. The fraction of sp³-hybridized carbons (Fsp3) is 0.125. The Bertz CT molecular complexity index is 517.